The van der Waals surface area contributed by atoms with Crippen LogP contribution in [0, 0.1) is 11.8 Å². The molecule has 0 aromatic rings. The van der Waals surface area contributed by atoms with Gasteiger partial charge in [-0.2, -0.15) is 0 Å². The molecule has 1 rings (SSSR count). The molecule has 0 heterocycles. The van der Waals surface area contributed by atoms with Gasteiger partial charge < -0.3 is 10.2 Å². The van der Waals surface area contributed by atoms with E-state index in [9.17, 15) is 10.2 Å². The van der Waals surface area contributed by atoms with Crippen LogP contribution in [0.3, 0.4) is 0 Å². The smallest absolute Gasteiger partial charge is 0.0567 e. The minimum absolute atomic E-state index is 0.425. The Labute approximate surface area is 67.5 Å². The summed E-state index contributed by atoms with van der Waals surface area (Å²) in [5.41, 5.74) is 0. The van der Waals surface area contributed by atoms with Crippen molar-refractivity contribution in [2.24, 2.45) is 11.8 Å². The molecule has 2 atom stereocenters. The van der Waals surface area contributed by atoms with Crippen LogP contribution in [0.2, 0.25) is 0 Å². The van der Waals surface area contributed by atoms with Gasteiger partial charge in [0, 0.05) is 13.1 Å². The molecule has 1 fully saturated rings. The van der Waals surface area contributed by atoms with Gasteiger partial charge in [-0.15, -0.1) is 0 Å². The van der Waals surface area contributed by atoms with Gasteiger partial charge in [0.2, 0.25) is 0 Å². The zero-order valence-corrected chi connectivity index (χ0v) is 5.88. The second-order valence-corrected chi connectivity index (χ2v) is 2.76. The summed E-state index contributed by atoms with van der Waals surface area (Å²) in [6.07, 6.45) is 2.40. The molecule has 0 aliphatic heterocycles. The molecule has 10 heavy (non-hydrogen) atoms. The van der Waals surface area contributed by atoms with E-state index in [1.54, 1.807) is 0 Å². The Morgan fingerprint density at radius 1 is 1.10 bits per heavy atom. The summed E-state index contributed by atoms with van der Waals surface area (Å²) in [5, 5.41) is 18.5. The van der Waals surface area contributed by atoms with Crippen LogP contribution < -0.4 is 0 Å². The van der Waals surface area contributed by atoms with Gasteiger partial charge in [0.25, 0.3) is 0 Å². The lowest BCUT2D eigenvalue weighted by Crippen LogP contribution is -2.25. The van der Waals surface area contributed by atoms with Crippen LogP contribution in [0.4, 0.5) is 0 Å². The van der Waals surface area contributed by atoms with Crippen molar-refractivity contribution in [2.45, 2.75) is 25.7 Å². The summed E-state index contributed by atoms with van der Waals surface area (Å²) in [6, 6.07) is 0. The lowest BCUT2D eigenvalue weighted by atomic mass is 9.80. The van der Waals surface area contributed by atoms with Crippen molar-refractivity contribution in [3.63, 3.8) is 0 Å². The van der Waals surface area contributed by atoms with E-state index in [0.29, 0.717) is 12.8 Å². The molecular formula is C8H16O2. The van der Waals surface area contributed by atoms with Gasteiger partial charge in [0.1, 0.15) is 0 Å². The van der Waals surface area contributed by atoms with Gasteiger partial charge in [-0.25, -0.2) is 0 Å². The van der Waals surface area contributed by atoms with E-state index >= 15 is 0 Å². The van der Waals surface area contributed by atoms with Crippen molar-refractivity contribution in [2.75, 3.05) is 13.1 Å². The first-order valence-electron chi connectivity index (χ1n) is 5.67. The van der Waals surface area contributed by atoms with Gasteiger partial charge in [-0.1, -0.05) is 12.8 Å². The van der Waals surface area contributed by atoms with Crippen molar-refractivity contribution in [1.82, 2.24) is 0 Å². The fraction of sp³-hybridized carbons (Fsp3) is 1.00. The third-order valence-corrected chi connectivity index (χ3v) is 2.10. The summed E-state index contributed by atoms with van der Waals surface area (Å²) in [7, 11) is 0. The fourth-order valence-electron chi connectivity index (χ4n) is 1.44. The third kappa shape index (κ3) is 1.70. The molecule has 0 radical (unpaired) electrons. The Morgan fingerprint density at radius 3 is 1.80 bits per heavy atom. The topological polar surface area (TPSA) is 40.5 Å². The first-order valence-corrected chi connectivity index (χ1v) is 3.67. The van der Waals surface area contributed by atoms with E-state index in [1.807, 2.05) is 0 Å². The van der Waals surface area contributed by atoms with Crippen LogP contribution in [0.25, 0.3) is 0 Å². The van der Waals surface area contributed by atoms with Crippen molar-refractivity contribution in [1.29, 1.82) is 0 Å². The monoisotopic (exact) mass is 148 g/mol. The van der Waals surface area contributed by atoms with Gasteiger partial charge >= 0.3 is 0 Å². The number of aliphatic hydroxyl groups is 2. The molecule has 2 nitrogen and oxygen atoms in total. The Kier molecular flexibility index (Phi) is 1.60. The molecular weight excluding hydrogens is 128 g/mol. The van der Waals surface area contributed by atoms with E-state index in [1.165, 1.54) is 0 Å². The molecule has 2 N–H and O–H groups in total. The summed E-state index contributed by atoms with van der Waals surface area (Å²) in [4.78, 5) is 0. The SMILES string of the molecule is [2H]C([2H])(O)[C@@H]1CCCC[C@@H]1C([2H])([2H])O. The van der Waals surface area contributed by atoms with E-state index in [0.717, 1.165) is 12.8 Å². The van der Waals surface area contributed by atoms with Crippen molar-refractivity contribution >= 4 is 0 Å². The number of rotatable bonds is 2. The van der Waals surface area contributed by atoms with Crippen LogP contribution in [-0.2, 0) is 0 Å². The van der Waals surface area contributed by atoms with Crippen molar-refractivity contribution in [3.05, 3.63) is 0 Å². The second-order valence-electron chi connectivity index (χ2n) is 2.76. The molecule has 0 amide bonds. The molecule has 0 bridgehead atoms. The van der Waals surface area contributed by atoms with Crippen LogP contribution in [0.15, 0.2) is 0 Å². The van der Waals surface area contributed by atoms with Gasteiger partial charge in [0.05, 0.1) is 5.48 Å². The molecule has 60 valence electrons. The minimum Gasteiger partial charge on any atom is -0.396 e. The van der Waals surface area contributed by atoms with Crippen molar-refractivity contribution in [3.8, 4) is 0 Å². The maximum Gasteiger partial charge on any atom is 0.0567 e. The Bertz CT molecular complexity index is 174. The van der Waals surface area contributed by atoms with Crippen LogP contribution >= 0.6 is 0 Å². The molecule has 1 aliphatic carbocycles. The third-order valence-electron chi connectivity index (χ3n) is 2.10. The zero-order valence-electron chi connectivity index (χ0n) is 9.88. The molecule has 2 heteroatoms. The maximum absolute atomic E-state index is 9.23. The summed E-state index contributed by atoms with van der Waals surface area (Å²) < 4.78 is 28.7. The molecule has 0 saturated heterocycles. The van der Waals surface area contributed by atoms with Gasteiger partial charge in [-0.3, -0.25) is 0 Å². The minimum atomic E-state index is -2.40. The van der Waals surface area contributed by atoms with Crippen LogP contribution in [0.1, 0.15) is 31.2 Å². The molecule has 0 aromatic heterocycles. The average Bonchev–Trinajstić information content (AvgIpc) is 2.01. The van der Waals surface area contributed by atoms with Crippen LogP contribution in [-0.4, -0.2) is 23.3 Å². The fourth-order valence-corrected chi connectivity index (χ4v) is 1.44. The maximum atomic E-state index is 9.23. The standard InChI is InChI=1S/C8H16O2/c9-5-7-3-1-2-4-8(7)6-10/h7-10H,1-6H2/t7-,8+/i5D2,6D2. The quantitative estimate of drug-likeness (QED) is 0.607. The average molecular weight is 148 g/mol. The van der Waals surface area contributed by atoms with E-state index in [2.05, 4.69) is 0 Å². The largest absolute Gasteiger partial charge is 0.396 e. The molecule has 0 spiro atoms. The lowest BCUT2D eigenvalue weighted by Gasteiger charge is -2.28. The summed E-state index contributed by atoms with van der Waals surface area (Å²) in [6.45, 7) is -4.80. The van der Waals surface area contributed by atoms with Crippen LogP contribution in [0.5, 0.6) is 0 Å². The molecule has 0 unspecified atom stereocenters. The molecule has 1 saturated carbocycles. The first kappa shape index (κ1) is 4.07. The van der Waals surface area contributed by atoms with Gasteiger partial charge in [-0.05, 0) is 24.7 Å². The van der Waals surface area contributed by atoms with E-state index in [4.69, 9.17) is 5.48 Å². The zero-order chi connectivity index (χ0) is 11.0. The highest BCUT2D eigenvalue weighted by Gasteiger charge is 2.23. The highest BCUT2D eigenvalue weighted by atomic mass is 16.3. The highest BCUT2D eigenvalue weighted by Crippen LogP contribution is 2.28. The summed E-state index contributed by atoms with van der Waals surface area (Å²) in [5.74, 6) is -1.62. The van der Waals surface area contributed by atoms with Gasteiger partial charge in [0.15, 0.2) is 0 Å². The number of hydrogen-bond acceptors (Lipinski definition) is 2. The Balaban J connectivity index is 2.80. The predicted molar refractivity (Wildman–Crippen MR) is 39.6 cm³/mol. The predicted octanol–water partition coefficient (Wildman–Crippen LogP) is 0.777. The lowest BCUT2D eigenvalue weighted by molar-refractivity contribution is 0.0869. The van der Waals surface area contributed by atoms with Crippen molar-refractivity contribution < 1.29 is 15.7 Å². The normalized spacial score (nSPS) is 43.0. The highest BCUT2D eigenvalue weighted by molar-refractivity contribution is 4.73. The first-order chi connectivity index (χ1) is 6.23. The Morgan fingerprint density at radius 2 is 1.50 bits per heavy atom. The Hall–Kier alpha value is -0.0800. The molecule has 1 aliphatic rings. The number of hydrogen-bond donors (Lipinski definition) is 2. The van der Waals surface area contributed by atoms with E-state index < -0.39 is 25.0 Å². The second kappa shape index (κ2) is 3.94. The van der Waals surface area contributed by atoms with E-state index in [-0.39, 0.29) is 0 Å². The molecule has 0 aromatic carbocycles. The summed E-state index contributed by atoms with van der Waals surface area (Å²) >= 11 is 0.